The minimum absolute atomic E-state index is 0. The van der Waals surface area contributed by atoms with Gasteiger partial charge in [-0.1, -0.05) is 23.7 Å². The molecular formula is C11H16Cl2N2O. The van der Waals surface area contributed by atoms with Crippen LogP contribution in [0.4, 0.5) is 0 Å². The van der Waals surface area contributed by atoms with E-state index in [1.807, 2.05) is 25.1 Å². The van der Waals surface area contributed by atoms with Crippen molar-refractivity contribution in [3.05, 3.63) is 34.9 Å². The van der Waals surface area contributed by atoms with Gasteiger partial charge in [-0.2, -0.15) is 0 Å². The zero-order valence-electron chi connectivity index (χ0n) is 9.07. The van der Waals surface area contributed by atoms with Crippen LogP contribution in [0.1, 0.15) is 24.9 Å². The molecule has 1 aromatic carbocycles. The molecule has 1 atom stereocenters. The third kappa shape index (κ3) is 4.84. The molecule has 0 aromatic heterocycles. The molecule has 90 valence electrons. The molecule has 0 heterocycles. The summed E-state index contributed by atoms with van der Waals surface area (Å²) in [6, 6.07) is 7.40. The Balaban J connectivity index is 0.00000225. The maximum atomic E-state index is 11.3. The summed E-state index contributed by atoms with van der Waals surface area (Å²) >= 11 is 5.85. The highest BCUT2D eigenvalue weighted by Gasteiger charge is 2.08. The molecule has 0 spiro atoms. The van der Waals surface area contributed by atoms with Gasteiger partial charge in [-0.15, -0.1) is 12.4 Å². The first kappa shape index (κ1) is 15.2. The molecule has 3 nitrogen and oxygen atoms in total. The van der Waals surface area contributed by atoms with Crippen LogP contribution in [0.3, 0.4) is 0 Å². The van der Waals surface area contributed by atoms with Gasteiger partial charge in [0, 0.05) is 18.0 Å². The van der Waals surface area contributed by atoms with Crippen molar-refractivity contribution < 1.29 is 4.79 Å². The Kier molecular flexibility index (Phi) is 7.13. The predicted molar refractivity (Wildman–Crippen MR) is 68.9 cm³/mol. The number of nitrogens with one attached hydrogen (secondary N) is 1. The molecule has 0 bridgehead atoms. The number of hydrogen-bond acceptors (Lipinski definition) is 2. The second kappa shape index (κ2) is 7.49. The zero-order valence-corrected chi connectivity index (χ0v) is 10.6. The molecular weight excluding hydrogens is 247 g/mol. The van der Waals surface area contributed by atoms with Crippen LogP contribution in [0.5, 0.6) is 0 Å². The fourth-order valence-electron chi connectivity index (χ4n) is 1.30. The Morgan fingerprint density at radius 1 is 1.56 bits per heavy atom. The first-order chi connectivity index (χ1) is 7.13. The lowest BCUT2D eigenvalue weighted by atomic mass is 10.1. The van der Waals surface area contributed by atoms with Crippen LogP contribution >= 0.6 is 24.0 Å². The van der Waals surface area contributed by atoms with Gasteiger partial charge in [0.05, 0.1) is 6.04 Å². The minimum atomic E-state index is -0.0391. The number of benzene rings is 1. The monoisotopic (exact) mass is 262 g/mol. The van der Waals surface area contributed by atoms with Crippen molar-refractivity contribution in [1.29, 1.82) is 0 Å². The van der Waals surface area contributed by atoms with Gasteiger partial charge in [-0.3, -0.25) is 4.79 Å². The highest BCUT2D eigenvalue weighted by Crippen LogP contribution is 2.17. The van der Waals surface area contributed by atoms with Crippen molar-refractivity contribution in [3.8, 4) is 0 Å². The Morgan fingerprint density at radius 2 is 2.25 bits per heavy atom. The summed E-state index contributed by atoms with van der Waals surface area (Å²) in [5.74, 6) is -0.0371. The van der Waals surface area contributed by atoms with Gasteiger partial charge >= 0.3 is 0 Å². The summed E-state index contributed by atoms with van der Waals surface area (Å²) in [6.45, 7) is 2.29. The Hall–Kier alpha value is -0.770. The lowest BCUT2D eigenvalue weighted by Gasteiger charge is -2.14. The SMILES string of the molecule is CC(NC(=O)CCN)c1cccc(Cl)c1.Cl. The molecule has 0 aliphatic carbocycles. The van der Waals surface area contributed by atoms with Gasteiger partial charge in [-0.25, -0.2) is 0 Å². The third-order valence-electron chi connectivity index (χ3n) is 2.10. The molecule has 0 aliphatic rings. The molecule has 1 unspecified atom stereocenters. The maximum absolute atomic E-state index is 11.3. The highest BCUT2D eigenvalue weighted by atomic mass is 35.5. The molecule has 1 aromatic rings. The van der Waals surface area contributed by atoms with Crippen LogP contribution < -0.4 is 11.1 Å². The van der Waals surface area contributed by atoms with Crippen molar-refractivity contribution in [2.75, 3.05) is 6.54 Å². The molecule has 3 N–H and O–H groups in total. The van der Waals surface area contributed by atoms with Crippen molar-refractivity contribution in [1.82, 2.24) is 5.32 Å². The van der Waals surface area contributed by atoms with E-state index in [0.717, 1.165) is 5.56 Å². The van der Waals surface area contributed by atoms with Crippen LogP contribution in [0.25, 0.3) is 0 Å². The normalized spacial score (nSPS) is 11.4. The number of nitrogens with two attached hydrogens (primary N) is 1. The summed E-state index contributed by atoms with van der Waals surface area (Å²) in [5.41, 5.74) is 6.28. The predicted octanol–water partition coefficient (Wildman–Crippen LogP) is 2.29. The highest BCUT2D eigenvalue weighted by molar-refractivity contribution is 6.30. The van der Waals surface area contributed by atoms with Gasteiger partial charge < -0.3 is 11.1 Å². The largest absolute Gasteiger partial charge is 0.350 e. The summed E-state index contributed by atoms with van der Waals surface area (Å²) < 4.78 is 0. The number of hydrogen-bond donors (Lipinski definition) is 2. The lowest BCUT2D eigenvalue weighted by Crippen LogP contribution is -2.28. The topological polar surface area (TPSA) is 55.1 Å². The van der Waals surface area contributed by atoms with E-state index in [4.69, 9.17) is 17.3 Å². The molecule has 0 fully saturated rings. The number of carbonyl (C=O) groups is 1. The van der Waals surface area contributed by atoms with Gasteiger partial charge in [0.1, 0.15) is 0 Å². The van der Waals surface area contributed by atoms with Crippen molar-refractivity contribution in [3.63, 3.8) is 0 Å². The van der Waals surface area contributed by atoms with Crippen LogP contribution in [-0.2, 0) is 4.79 Å². The van der Waals surface area contributed by atoms with Crippen LogP contribution in [0.2, 0.25) is 5.02 Å². The third-order valence-corrected chi connectivity index (χ3v) is 2.33. The first-order valence-electron chi connectivity index (χ1n) is 4.88. The van der Waals surface area contributed by atoms with E-state index in [0.29, 0.717) is 18.0 Å². The van der Waals surface area contributed by atoms with Gasteiger partial charge in [-0.05, 0) is 24.6 Å². The zero-order chi connectivity index (χ0) is 11.3. The molecule has 0 radical (unpaired) electrons. The van der Waals surface area contributed by atoms with Crippen molar-refractivity contribution in [2.45, 2.75) is 19.4 Å². The maximum Gasteiger partial charge on any atom is 0.221 e. The smallest absolute Gasteiger partial charge is 0.221 e. The number of amides is 1. The van der Waals surface area contributed by atoms with Crippen LogP contribution in [0, 0.1) is 0 Å². The van der Waals surface area contributed by atoms with E-state index in [9.17, 15) is 4.79 Å². The van der Waals surface area contributed by atoms with Gasteiger partial charge in [0.25, 0.3) is 0 Å². The molecule has 1 amide bonds. The number of rotatable bonds is 4. The molecule has 16 heavy (non-hydrogen) atoms. The van der Waals surface area contributed by atoms with E-state index >= 15 is 0 Å². The molecule has 0 aliphatic heterocycles. The summed E-state index contributed by atoms with van der Waals surface area (Å²) in [7, 11) is 0. The van der Waals surface area contributed by atoms with E-state index in [2.05, 4.69) is 5.32 Å². The van der Waals surface area contributed by atoms with Crippen LogP contribution in [-0.4, -0.2) is 12.5 Å². The molecule has 5 heteroatoms. The fourth-order valence-corrected chi connectivity index (χ4v) is 1.50. The number of halogens is 2. The molecule has 0 saturated carbocycles. The number of carbonyl (C=O) groups excluding carboxylic acids is 1. The summed E-state index contributed by atoms with van der Waals surface area (Å²) in [5, 5.41) is 3.52. The average molecular weight is 263 g/mol. The van der Waals surface area contributed by atoms with E-state index in [1.165, 1.54) is 0 Å². The minimum Gasteiger partial charge on any atom is -0.350 e. The fraction of sp³-hybridized carbons (Fsp3) is 0.364. The van der Waals surface area contributed by atoms with Gasteiger partial charge in [0.2, 0.25) is 5.91 Å². The molecule has 1 rings (SSSR count). The molecule has 0 saturated heterocycles. The Bertz CT molecular complexity index is 345. The van der Waals surface area contributed by atoms with E-state index in [-0.39, 0.29) is 24.4 Å². The second-order valence-corrected chi connectivity index (χ2v) is 3.82. The quantitative estimate of drug-likeness (QED) is 0.875. The van der Waals surface area contributed by atoms with Gasteiger partial charge in [0.15, 0.2) is 0 Å². The average Bonchev–Trinajstić information content (AvgIpc) is 2.18. The second-order valence-electron chi connectivity index (χ2n) is 3.38. The Morgan fingerprint density at radius 3 is 2.81 bits per heavy atom. The van der Waals surface area contributed by atoms with E-state index < -0.39 is 0 Å². The Labute approximate surface area is 107 Å². The van der Waals surface area contributed by atoms with Crippen molar-refractivity contribution in [2.24, 2.45) is 5.73 Å². The summed E-state index contributed by atoms with van der Waals surface area (Å²) in [4.78, 5) is 11.3. The van der Waals surface area contributed by atoms with Crippen LogP contribution in [0.15, 0.2) is 24.3 Å². The van der Waals surface area contributed by atoms with E-state index in [1.54, 1.807) is 6.07 Å². The summed E-state index contributed by atoms with van der Waals surface area (Å²) in [6.07, 6.45) is 0.352. The van der Waals surface area contributed by atoms with Crippen molar-refractivity contribution >= 4 is 29.9 Å². The lowest BCUT2D eigenvalue weighted by molar-refractivity contribution is -0.121. The standard InChI is InChI=1S/C11H15ClN2O.ClH/c1-8(14-11(15)5-6-13)9-3-2-4-10(12)7-9;/h2-4,7-8H,5-6,13H2,1H3,(H,14,15);1H. The first-order valence-corrected chi connectivity index (χ1v) is 5.26.